The number of hydrogen-bond donors (Lipinski definition) is 2. The van der Waals surface area contributed by atoms with Crippen LogP contribution in [0.4, 0.5) is 5.13 Å². The number of aromatic nitrogens is 2. The fraction of sp³-hybridized carbons (Fsp3) is 0.355. The maximum absolute atomic E-state index is 12.7. The summed E-state index contributed by atoms with van der Waals surface area (Å²) in [5.74, 6) is -0.0785. The summed E-state index contributed by atoms with van der Waals surface area (Å²) in [4.78, 5) is 47.3. The summed E-state index contributed by atoms with van der Waals surface area (Å²) < 4.78 is 0. The molecule has 2 heterocycles. The highest BCUT2D eigenvalue weighted by Crippen LogP contribution is 2.31. The van der Waals surface area contributed by atoms with Crippen LogP contribution in [0.2, 0.25) is 0 Å². The van der Waals surface area contributed by atoms with Crippen LogP contribution in [0.3, 0.4) is 0 Å². The number of pyridine rings is 1. The van der Waals surface area contributed by atoms with Crippen molar-refractivity contribution in [3.8, 4) is 0 Å². The topological polar surface area (TPSA) is 98.4 Å². The van der Waals surface area contributed by atoms with E-state index in [1.54, 1.807) is 35.6 Å². The average Bonchev–Trinajstić information content (AvgIpc) is 3.34. The van der Waals surface area contributed by atoms with E-state index in [-0.39, 0.29) is 11.5 Å². The van der Waals surface area contributed by atoms with E-state index in [1.165, 1.54) is 10.9 Å². The second-order valence-electron chi connectivity index (χ2n) is 10.4. The number of aryl methyl sites for hydroxylation is 1. The highest BCUT2D eigenvalue weighted by Gasteiger charge is 2.24. The molecule has 2 aromatic heterocycles. The lowest BCUT2D eigenvalue weighted by atomic mass is 9.97. The summed E-state index contributed by atoms with van der Waals surface area (Å²) in [6.45, 7) is 4.08. The first-order valence-corrected chi connectivity index (χ1v) is 14.4. The number of rotatable bonds is 8. The zero-order valence-electron chi connectivity index (χ0n) is 23.6. The third kappa shape index (κ3) is 7.71. The summed E-state index contributed by atoms with van der Waals surface area (Å²) in [6.07, 6.45) is 5.05. The van der Waals surface area contributed by atoms with Gasteiger partial charge in [-0.2, -0.15) is 0 Å². The van der Waals surface area contributed by atoms with Crippen molar-refractivity contribution in [3.05, 3.63) is 92.2 Å². The highest BCUT2D eigenvalue weighted by molar-refractivity contribution is 7.15. The molecule has 8 nitrogen and oxygen atoms in total. The minimum absolute atomic E-state index is 0.0785. The van der Waals surface area contributed by atoms with E-state index in [0.717, 1.165) is 72.4 Å². The summed E-state index contributed by atoms with van der Waals surface area (Å²) in [5, 5.41) is 4.59. The molecule has 1 aliphatic carbocycles. The second-order valence-corrected chi connectivity index (χ2v) is 11.5. The number of fused-ring (bicyclic) bond motifs is 2. The van der Waals surface area contributed by atoms with E-state index in [2.05, 4.69) is 59.2 Å². The Bertz CT molecular complexity index is 1530. The molecule has 210 valence electrons. The standard InChI is InChI=1S/C21H30N4OS.C10H7NO2/c1-5-11-25(4)14-15-7-6-8-16(12-15)20(26)23-21-22-18-10-9-17(24(2)3)13-19(18)27-21;12-6-7-1-3-9-8(5-7)2-4-10(13)11-9/h6-8,12,17H,5,9-11,13-14H2,1-4H3,(H,22,23,26);1-6H,(H,11,13). The lowest BCUT2D eigenvalue weighted by Crippen LogP contribution is -2.32. The molecule has 4 aromatic rings. The predicted octanol–water partition coefficient (Wildman–Crippen LogP) is 5.00. The summed E-state index contributed by atoms with van der Waals surface area (Å²) in [5.41, 5.74) is 4.23. The van der Waals surface area contributed by atoms with Gasteiger partial charge in [-0.1, -0.05) is 19.1 Å². The Hall–Kier alpha value is -3.66. The number of aldehydes is 1. The van der Waals surface area contributed by atoms with Gasteiger partial charge in [-0.15, -0.1) is 11.3 Å². The molecule has 5 rings (SSSR count). The molecule has 0 saturated carbocycles. The molecule has 1 unspecified atom stereocenters. The molecule has 1 aliphatic rings. The molecule has 9 heteroatoms. The van der Waals surface area contributed by atoms with Gasteiger partial charge in [-0.3, -0.25) is 19.7 Å². The molecule has 0 spiro atoms. The van der Waals surface area contributed by atoms with Crippen LogP contribution in [0.25, 0.3) is 10.9 Å². The SMILES string of the molecule is CCCN(C)Cc1cccc(C(=O)Nc2nc3c(s2)CC(N(C)C)CC3)c1.O=Cc1ccc2[nH]c(=O)ccc2c1. The second kappa shape index (κ2) is 13.6. The number of anilines is 1. The number of H-pyrrole nitrogens is 1. The number of nitrogens with zero attached hydrogens (tertiary/aromatic N) is 3. The zero-order valence-corrected chi connectivity index (χ0v) is 24.4. The molecule has 40 heavy (non-hydrogen) atoms. The van der Waals surface area contributed by atoms with Crippen molar-refractivity contribution in [1.29, 1.82) is 0 Å². The first kappa shape index (κ1) is 29.3. The summed E-state index contributed by atoms with van der Waals surface area (Å²) in [7, 11) is 6.37. The first-order chi connectivity index (χ1) is 19.2. The fourth-order valence-electron chi connectivity index (χ4n) is 4.85. The van der Waals surface area contributed by atoms with Crippen molar-refractivity contribution in [3.63, 3.8) is 0 Å². The van der Waals surface area contributed by atoms with Gasteiger partial charge in [0.05, 0.1) is 5.69 Å². The highest BCUT2D eigenvalue weighted by atomic mass is 32.1. The molecule has 0 aliphatic heterocycles. The van der Waals surface area contributed by atoms with Crippen molar-refractivity contribution in [2.24, 2.45) is 0 Å². The summed E-state index contributed by atoms with van der Waals surface area (Å²) >= 11 is 1.62. The van der Waals surface area contributed by atoms with Crippen LogP contribution >= 0.6 is 11.3 Å². The van der Waals surface area contributed by atoms with Gasteiger partial charge in [0.1, 0.15) is 6.29 Å². The van der Waals surface area contributed by atoms with E-state index >= 15 is 0 Å². The van der Waals surface area contributed by atoms with Crippen LogP contribution in [-0.4, -0.2) is 65.7 Å². The Morgan fingerprint density at radius 2 is 1.98 bits per heavy atom. The molecule has 2 N–H and O–H groups in total. The van der Waals surface area contributed by atoms with Crippen molar-refractivity contribution >= 4 is 39.6 Å². The van der Waals surface area contributed by atoms with Crippen molar-refractivity contribution in [2.75, 3.05) is 33.0 Å². The Labute approximate surface area is 239 Å². The number of benzene rings is 2. The zero-order chi connectivity index (χ0) is 28.6. The molecule has 1 atom stereocenters. The number of carbonyl (C=O) groups excluding carboxylic acids is 2. The molecule has 0 fully saturated rings. The van der Waals surface area contributed by atoms with Crippen LogP contribution in [0, 0.1) is 0 Å². The van der Waals surface area contributed by atoms with E-state index in [1.807, 2.05) is 18.2 Å². The minimum Gasteiger partial charge on any atom is -0.322 e. The fourth-order valence-corrected chi connectivity index (χ4v) is 5.92. The van der Waals surface area contributed by atoms with Crippen molar-refractivity contribution < 1.29 is 9.59 Å². The number of likely N-dealkylation sites (N-methyl/N-ethyl adjacent to an activating group) is 1. The third-order valence-corrected chi connectivity index (χ3v) is 8.03. The average molecular weight is 560 g/mol. The lowest BCUT2D eigenvalue weighted by molar-refractivity contribution is 0.102. The van der Waals surface area contributed by atoms with E-state index in [9.17, 15) is 14.4 Å². The number of aromatic amines is 1. The van der Waals surface area contributed by atoms with Gasteiger partial charge < -0.3 is 14.8 Å². The smallest absolute Gasteiger partial charge is 0.257 e. The van der Waals surface area contributed by atoms with Crippen LogP contribution < -0.4 is 10.9 Å². The first-order valence-electron chi connectivity index (χ1n) is 13.6. The van der Waals surface area contributed by atoms with Crippen LogP contribution in [0.1, 0.15) is 56.6 Å². The molecular weight excluding hydrogens is 522 g/mol. The van der Waals surface area contributed by atoms with Gasteiger partial charge >= 0.3 is 0 Å². The Balaban J connectivity index is 0.000000236. The van der Waals surface area contributed by atoms with Gasteiger partial charge in [0, 0.05) is 40.2 Å². The molecule has 1 amide bonds. The van der Waals surface area contributed by atoms with Crippen LogP contribution in [0.15, 0.2) is 59.4 Å². The van der Waals surface area contributed by atoms with Crippen LogP contribution in [-0.2, 0) is 19.4 Å². The quantitative estimate of drug-likeness (QED) is 0.295. The Kier molecular flexibility index (Phi) is 9.98. The van der Waals surface area contributed by atoms with Gasteiger partial charge in [0.15, 0.2) is 5.13 Å². The van der Waals surface area contributed by atoms with E-state index in [4.69, 9.17) is 0 Å². The largest absolute Gasteiger partial charge is 0.322 e. The maximum Gasteiger partial charge on any atom is 0.257 e. The van der Waals surface area contributed by atoms with Gasteiger partial charge in [-0.25, -0.2) is 4.98 Å². The monoisotopic (exact) mass is 559 g/mol. The van der Waals surface area contributed by atoms with E-state index in [0.29, 0.717) is 17.2 Å². The van der Waals surface area contributed by atoms with Gasteiger partial charge in [0.25, 0.3) is 5.91 Å². The third-order valence-electron chi connectivity index (χ3n) is 7.00. The number of nitrogens with one attached hydrogen (secondary N) is 2. The normalized spacial score (nSPS) is 14.5. The van der Waals surface area contributed by atoms with Gasteiger partial charge in [0.2, 0.25) is 5.56 Å². The lowest BCUT2D eigenvalue weighted by Gasteiger charge is -2.27. The Morgan fingerprint density at radius 3 is 2.73 bits per heavy atom. The number of carbonyl (C=O) groups is 2. The minimum atomic E-state index is -0.133. The number of thiazole rings is 1. The summed E-state index contributed by atoms with van der Waals surface area (Å²) in [6, 6.07) is 16.7. The number of amides is 1. The number of hydrogen-bond acceptors (Lipinski definition) is 7. The maximum atomic E-state index is 12.7. The van der Waals surface area contributed by atoms with Crippen molar-refractivity contribution in [1.82, 2.24) is 19.8 Å². The predicted molar refractivity (Wildman–Crippen MR) is 163 cm³/mol. The molecular formula is C31H37N5O3S. The molecule has 2 aromatic carbocycles. The molecule has 0 saturated heterocycles. The van der Waals surface area contributed by atoms with Gasteiger partial charge in [-0.05, 0) is 101 Å². The van der Waals surface area contributed by atoms with Crippen LogP contribution in [0.5, 0.6) is 0 Å². The molecule has 0 bridgehead atoms. The Morgan fingerprint density at radius 1 is 1.15 bits per heavy atom. The van der Waals surface area contributed by atoms with Crippen molar-refractivity contribution in [2.45, 2.75) is 45.2 Å². The van der Waals surface area contributed by atoms with E-state index < -0.39 is 0 Å². The molecule has 0 radical (unpaired) electrons.